The van der Waals surface area contributed by atoms with E-state index in [0.717, 1.165) is 0 Å². The quantitative estimate of drug-likeness (QED) is 0.472. The molecule has 0 saturated carbocycles. The van der Waals surface area contributed by atoms with Gasteiger partial charge in [-0.25, -0.2) is 4.79 Å². The maximum absolute atomic E-state index is 12.1. The van der Waals surface area contributed by atoms with Crippen LogP contribution in [0.1, 0.15) is 20.8 Å². The van der Waals surface area contributed by atoms with Crippen molar-refractivity contribution in [3.05, 3.63) is 10.6 Å². The lowest BCUT2D eigenvalue weighted by Gasteiger charge is -2.39. The Morgan fingerprint density at radius 1 is 1.47 bits per heavy atom. The summed E-state index contributed by atoms with van der Waals surface area (Å²) in [6.07, 6.45) is 0. The Morgan fingerprint density at radius 2 is 2.00 bits per heavy atom. The lowest BCUT2D eigenvalue weighted by atomic mass is 9.95. The highest BCUT2D eigenvalue weighted by Gasteiger charge is 2.63. The zero-order valence-corrected chi connectivity index (χ0v) is 12.3. The molecule has 0 radical (unpaired) electrons. The van der Waals surface area contributed by atoms with Crippen molar-refractivity contribution >= 4 is 45.6 Å². The first-order chi connectivity index (χ1) is 8.62. The zero-order valence-electron chi connectivity index (χ0n) is 10.8. The van der Waals surface area contributed by atoms with Gasteiger partial charge in [0, 0.05) is 11.7 Å². The monoisotopic (exact) mass is 303 g/mol. The number of ketones is 1. The lowest BCUT2D eigenvalue weighted by Crippen LogP contribution is -2.59. The Hall–Kier alpha value is -1.14. The average Bonchev–Trinajstić information content (AvgIpc) is 2.46. The predicted molar refractivity (Wildman–Crippen MR) is 74.4 cm³/mol. The molecule has 2 fully saturated rings. The number of amides is 1. The van der Waals surface area contributed by atoms with Crippen LogP contribution in [0.2, 0.25) is 0 Å². The van der Waals surface area contributed by atoms with Crippen molar-refractivity contribution in [2.75, 3.05) is 0 Å². The van der Waals surface area contributed by atoms with Crippen molar-refractivity contribution in [3.63, 3.8) is 0 Å². The molecule has 3 atom stereocenters. The molecule has 19 heavy (non-hydrogen) atoms. The molecule has 0 bridgehead atoms. The van der Waals surface area contributed by atoms with Crippen LogP contribution in [0.5, 0.6) is 0 Å². The van der Waals surface area contributed by atoms with Crippen molar-refractivity contribution in [1.82, 2.24) is 4.90 Å². The molecule has 0 aromatic heterocycles. The Balaban J connectivity index is 2.54. The van der Waals surface area contributed by atoms with Crippen LogP contribution in [0.4, 0.5) is 0 Å². The first-order valence-corrected chi connectivity index (χ1v) is 7.44. The first kappa shape index (κ1) is 14.3. The third kappa shape index (κ3) is 1.70. The summed E-state index contributed by atoms with van der Waals surface area (Å²) < 4.78 is -0.651. The van der Waals surface area contributed by atoms with E-state index in [0.29, 0.717) is 0 Å². The Labute approximate surface area is 118 Å². The van der Waals surface area contributed by atoms with Crippen LogP contribution >= 0.6 is 22.1 Å². The number of β-lactam (4-membered cyclic amide) rings is 1. The van der Waals surface area contributed by atoms with Crippen LogP contribution in [0.25, 0.3) is 0 Å². The van der Waals surface area contributed by atoms with Crippen molar-refractivity contribution in [2.45, 2.75) is 36.9 Å². The molecule has 2 saturated heterocycles. The van der Waals surface area contributed by atoms with E-state index in [-0.39, 0.29) is 10.6 Å². The van der Waals surface area contributed by atoms with Crippen molar-refractivity contribution in [3.8, 4) is 0 Å². The minimum Gasteiger partial charge on any atom is -0.480 e. The van der Waals surface area contributed by atoms with Gasteiger partial charge in [0.2, 0.25) is 0 Å². The van der Waals surface area contributed by atoms with Gasteiger partial charge in [0.15, 0.2) is 5.78 Å². The number of hydrogen-bond acceptors (Lipinski definition) is 3. The SMILES string of the molecule is C=S1[C@@H]2C(=C(Cl)C(C)=O)C(=O)N2[C@@H](C(=O)O)C1(C)C. The zero-order chi connectivity index (χ0) is 14.7. The largest absolute Gasteiger partial charge is 0.480 e. The molecule has 2 aliphatic rings. The maximum atomic E-state index is 12.1. The van der Waals surface area contributed by atoms with Gasteiger partial charge in [-0.2, -0.15) is 10.5 Å². The van der Waals surface area contributed by atoms with E-state index in [1.807, 2.05) is 0 Å². The third-order valence-electron chi connectivity index (χ3n) is 3.63. The van der Waals surface area contributed by atoms with E-state index in [9.17, 15) is 19.5 Å². The summed E-state index contributed by atoms with van der Waals surface area (Å²) in [5, 5.41) is 8.75. The number of nitrogens with zero attached hydrogens (tertiary/aromatic N) is 1. The smallest absolute Gasteiger partial charge is 0.327 e. The average molecular weight is 304 g/mol. The molecule has 7 heteroatoms. The number of rotatable bonds is 2. The second-order valence-corrected chi connectivity index (χ2v) is 7.86. The fraction of sp³-hybridized carbons (Fsp3) is 0.500. The molecule has 5 nitrogen and oxygen atoms in total. The van der Waals surface area contributed by atoms with Gasteiger partial charge >= 0.3 is 5.97 Å². The molecule has 2 rings (SSSR count). The van der Waals surface area contributed by atoms with Crippen LogP contribution in [0, 0.1) is 0 Å². The molecule has 0 aromatic rings. The van der Waals surface area contributed by atoms with Crippen molar-refractivity contribution in [1.29, 1.82) is 0 Å². The number of carboxylic acids is 1. The topological polar surface area (TPSA) is 74.7 Å². The van der Waals surface area contributed by atoms with Gasteiger partial charge in [-0.15, -0.1) is 0 Å². The molecule has 2 heterocycles. The van der Waals surface area contributed by atoms with Gasteiger partial charge in [0.25, 0.3) is 5.91 Å². The van der Waals surface area contributed by atoms with E-state index >= 15 is 0 Å². The Morgan fingerprint density at radius 3 is 2.42 bits per heavy atom. The van der Waals surface area contributed by atoms with E-state index in [2.05, 4.69) is 5.87 Å². The number of fused-ring (bicyclic) bond motifs is 1. The highest BCUT2D eigenvalue weighted by Crippen LogP contribution is 2.57. The second-order valence-electron chi connectivity index (χ2n) is 5.12. The number of allylic oxidation sites excluding steroid dienone is 1. The van der Waals surface area contributed by atoms with Crippen molar-refractivity contribution in [2.24, 2.45) is 0 Å². The molecule has 0 spiro atoms. The third-order valence-corrected chi connectivity index (χ3v) is 6.67. The van der Waals surface area contributed by atoms with Gasteiger partial charge in [-0.1, -0.05) is 17.5 Å². The number of halogens is 1. The Kier molecular flexibility index (Phi) is 3.14. The summed E-state index contributed by atoms with van der Waals surface area (Å²) in [4.78, 5) is 36.0. The minimum absolute atomic E-state index is 0.103. The molecule has 1 N–H and O–H groups in total. The van der Waals surface area contributed by atoms with Crippen LogP contribution in [-0.4, -0.2) is 49.7 Å². The molecule has 104 valence electrons. The number of carbonyl (C=O) groups is 3. The summed E-state index contributed by atoms with van der Waals surface area (Å²) in [5.41, 5.74) is 0.212. The summed E-state index contributed by atoms with van der Waals surface area (Å²) in [6, 6.07) is -0.925. The fourth-order valence-electron chi connectivity index (χ4n) is 2.53. The molecule has 1 amide bonds. The van der Waals surface area contributed by atoms with Gasteiger partial charge in [-0.3, -0.25) is 9.59 Å². The summed E-state index contributed by atoms with van der Waals surface area (Å²) in [6.45, 7) is 4.82. The predicted octanol–water partition coefficient (Wildman–Crippen LogP) is 1.18. The van der Waals surface area contributed by atoms with Crippen LogP contribution in [0.3, 0.4) is 0 Å². The lowest BCUT2D eigenvalue weighted by molar-refractivity contribution is -0.152. The van der Waals surface area contributed by atoms with E-state index < -0.39 is 44.3 Å². The standard InChI is InChI=1S/C12H14ClNO4S/c1-5(15)7(13)6-9(16)14-8(11(17)18)12(2,3)19(4)10(6)14/h8,10H,4H2,1-3H3,(H,17,18)/t8-,10+,19?/m0/s1. The van der Waals surface area contributed by atoms with Gasteiger partial charge < -0.3 is 10.0 Å². The normalized spacial score (nSPS) is 34.6. The molecule has 2 aliphatic heterocycles. The van der Waals surface area contributed by atoms with Gasteiger partial charge in [0.1, 0.15) is 11.4 Å². The Bertz CT molecular complexity index is 566. The van der Waals surface area contributed by atoms with Gasteiger partial charge in [0.05, 0.1) is 10.6 Å². The number of Topliss-reactive ketones (excluding diaryl/α,β-unsaturated/α-hetero) is 1. The molecule has 0 aliphatic carbocycles. The highest BCUT2D eigenvalue weighted by molar-refractivity contribution is 8.16. The molecule has 1 unspecified atom stereocenters. The van der Waals surface area contributed by atoms with Crippen LogP contribution in [0.15, 0.2) is 10.6 Å². The van der Waals surface area contributed by atoms with Crippen LogP contribution in [-0.2, 0) is 14.4 Å². The molecule has 0 aromatic carbocycles. The minimum atomic E-state index is -1.06. The summed E-state index contributed by atoms with van der Waals surface area (Å²) in [5.74, 6) is 2.08. The summed E-state index contributed by atoms with van der Waals surface area (Å²) >= 11 is 5.88. The van der Waals surface area contributed by atoms with E-state index in [1.54, 1.807) is 13.8 Å². The number of carboxylic acid groups (broad SMARTS) is 1. The number of carbonyl (C=O) groups excluding carboxylic acids is 2. The highest BCUT2D eigenvalue weighted by atomic mass is 35.5. The van der Waals surface area contributed by atoms with Crippen LogP contribution < -0.4 is 0 Å². The fourth-order valence-corrected chi connectivity index (χ4v) is 4.85. The van der Waals surface area contributed by atoms with Crippen molar-refractivity contribution < 1.29 is 19.5 Å². The number of aliphatic carboxylic acids is 1. The maximum Gasteiger partial charge on any atom is 0.327 e. The van der Waals surface area contributed by atoms with E-state index in [1.165, 1.54) is 11.8 Å². The summed E-state index contributed by atoms with van der Waals surface area (Å²) in [7, 11) is -0.630. The molecular weight excluding hydrogens is 290 g/mol. The number of hydrogen-bond donors (Lipinski definition) is 1. The molecular formula is C12H14ClNO4S. The van der Waals surface area contributed by atoms with Gasteiger partial charge in [-0.05, 0) is 13.8 Å². The first-order valence-electron chi connectivity index (χ1n) is 5.61. The second kappa shape index (κ2) is 4.18. The van der Waals surface area contributed by atoms with E-state index in [4.69, 9.17) is 11.6 Å².